The van der Waals surface area contributed by atoms with Crippen molar-refractivity contribution in [1.82, 2.24) is 0 Å². The largest absolute Gasteiger partial charge is 0.416 e. The molecule has 0 aromatic heterocycles. The summed E-state index contributed by atoms with van der Waals surface area (Å²) in [5.41, 5.74) is -0.0143. The van der Waals surface area contributed by atoms with Crippen LogP contribution in [0.25, 0.3) is 10.8 Å². The van der Waals surface area contributed by atoms with Gasteiger partial charge in [0.15, 0.2) is 0 Å². The Bertz CT molecular complexity index is 854. The number of hydrogen-bond donors (Lipinski definition) is 1. The number of alkyl halides is 3. The molecule has 1 N–H and O–H groups in total. The van der Waals surface area contributed by atoms with Crippen LogP contribution >= 0.6 is 0 Å². The highest BCUT2D eigenvalue weighted by Gasteiger charge is 2.30. The number of rotatable bonds is 2. The summed E-state index contributed by atoms with van der Waals surface area (Å²) in [5, 5.41) is 4.70. The average molecular weight is 315 g/mol. The maximum Gasteiger partial charge on any atom is 0.416 e. The minimum Gasteiger partial charge on any atom is -0.322 e. The Hall–Kier alpha value is -2.82. The van der Waals surface area contributed by atoms with Gasteiger partial charge in [-0.25, -0.2) is 0 Å². The molecule has 116 valence electrons. The van der Waals surface area contributed by atoms with Gasteiger partial charge in [0.2, 0.25) is 0 Å². The zero-order chi connectivity index (χ0) is 16.4. The fraction of sp³-hybridized carbons (Fsp3) is 0.0556. The monoisotopic (exact) mass is 315 g/mol. The van der Waals surface area contributed by atoms with Gasteiger partial charge in [-0.3, -0.25) is 4.79 Å². The molecule has 1 amide bonds. The van der Waals surface area contributed by atoms with E-state index in [0.717, 1.165) is 22.9 Å². The molecule has 23 heavy (non-hydrogen) atoms. The molecule has 0 aliphatic heterocycles. The van der Waals surface area contributed by atoms with Crippen molar-refractivity contribution in [3.8, 4) is 0 Å². The predicted octanol–water partition coefficient (Wildman–Crippen LogP) is 5.11. The number of amides is 1. The van der Waals surface area contributed by atoms with E-state index in [2.05, 4.69) is 5.32 Å². The van der Waals surface area contributed by atoms with Crippen LogP contribution in [0.15, 0.2) is 66.7 Å². The molecule has 0 radical (unpaired) electrons. The van der Waals surface area contributed by atoms with Gasteiger partial charge in [0.05, 0.1) is 5.56 Å². The van der Waals surface area contributed by atoms with Crippen LogP contribution in [0.2, 0.25) is 0 Å². The van der Waals surface area contributed by atoms with Crippen LogP contribution < -0.4 is 5.32 Å². The molecule has 2 nitrogen and oxygen atoms in total. The first kappa shape index (κ1) is 15.1. The molecule has 0 atom stereocenters. The van der Waals surface area contributed by atoms with Crippen LogP contribution in [0.1, 0.15) is 15.9 Å². The molecule has 0 fully saturated rings. The Labute approximate surface area is 130 Å². The lowest BCUT2D eigenvalue weighted by atomic mass is 10.1. The lowest BCUT2D eigenvalue weighted by Gasteiger charge is -2.09. The second kappa shape index (κ2) is 5.76. The predicted molar refractivity (Wildman–Crippen MR) is 83.3 cm³/mol. The average Bonchev–Trinajstić information content (AvgIpc) is 2.54. The molecule has 0 saturated carbocycles. The summed E-state index contributed by atoms with van der Waals surface area (Å²) >= 11 is 0. The first-order valence-corrected chi connectivity index (χ1v) is 6.91. The molecule has 0 aliphatic rings. The second-order valence-corrected chi connectivity index (χ2v) is 5.09. The Morgan fingerprint density at radius 3 is 2.13 bits per heavy atom. The molecule has 0 bridgehead atoms. The second-order valence-electron chi connectivity index (χ2n) is 5.09. The molecule has 3 rings (SSSR count). The Kier molecular flexibility index (Phi) is 3.78. The van der Waals surface area contributed by atoms with Crippen molar-refractivity contribution >= 4 is 22.4 Å². The highest BCUT2D eigenvalue weighted by Crippen LogP contribution is 2.29. The number of carbonyl (C=O) groups is 1. The van der Waals surface area contributed by atoms with Gasteiger partial charge in [-0.15, -0.1) is 0 Å². The topological polar surface area (TPSA) is 29.1 Å². The van der Waals surface area contributed by atoms with Gasteiger partial charge in [0.1, 0.15) is 0 Å². The molecular weight excluding hydrogens is 303 g/mol. The molecular formula is C18H12F3NO. The molecule has 0 spiro atoms. The quantitative estimate of drug-likeness (QED) is 0.699. The van der Waals surface area contributed by atoms with Crippen molar-refractivity contribution < 1.29 is 18.0 Å². The van der Waals surface area contributed by atoms with Crippen LogP contribution in [0, 0.1) is 0 Å². The van der Waals surface area contributed by atoms with Gasteiger partial charge in [-0.2, -0.15) is 13.2 Å². The Morgan fingerprint density at radius 1 is 0.826 bits per heavy atom. The number of nitrogens with one attached hydrogen (secondary N) is 1. The summed E-state index contributed by atoms with van der Waals surface area (Å²) in [6.45, 7) is 0. The van der Waals surface area contributed by atoms with Crippen molar-refractivity contribution in [2.45, 2.75) is 6.18 Å². The van der Waals surface area contributed by atoms with Crippen molar-refractivity contribution in [3.63, 3.8) is 0 Å². The summed E-state index contributed by atoms with van der Waals surface area (Å²) < 4.78 is 37.5. The number of hydrogen-bond acceptors (Lipinski definition) is 1. The third-order valence-electron chi connectivity index (χ3n) is 3.48. The summed E-state index contributed by atoms with van der Waals surface area (Å²) in [4.78, 5) is 12.1. The Morgan fingerprint density at radius 2 is 1.48 bits per heavy atom. The molecule has 0 aliphatic carbocycles. The summed E-state index contributed by atoms with van der Waals surface area (Å²) in [6.07, 6.45) is -4.41. The van der Waals surface area contributed by atoms with E-state index < -0.39 is 17.6 Å². The highest BCUT2D eigenvalue weighted by molar-refractivity contribution is 6.05. The molecule has 0 heterocycles. The molecule has 3 aromatic rings. The standard InChI is InChI=1S/C18H12F3NO/c19-18(20,21)15-8-5-13(6-9-15)17(23)22-16-10-7-12-3-1-2-4-14(12)11-16/h1-11H,(H,22,23). The third kappa shape index (κ3) is 3.34. The van der Waals surface area contributed by atoms with E-state index in [9.17, 15) is 18.0 Å². The van der Waals surface area contributed by atoms with E-state index in [1.54, 1.807) is 6.07 Å². The van der Waals surface area contributed by atoms with Crippen molar-refractivity contribution in [1.29, 1.82) is 0 Å². The number of benzene rings is 3. The third-order valence-corrected chi connectivity index (χ3v) is 3.48. The van der Waals surface area contributed by atoms with Crippen molar-refractivity contribution in [2.24, 2.45) is 0 Å². The van der Waals surface area contributed by atoms with E-state index in [1.165, 1.54) is 12.1 Å². The molecule has 5 heteroatoms. The van der Waals surface area contributed by atoms with Crippen molar-refractivity contribution in [2.75, 3.05) is 5.32 Å². The van der Waals surface area contributed by atoms with E-state index in [0.29, 0.717) is 5.69 Å². The fourth-order valence-electron chi connectivity index (χ4n) is 2.28. The number of carbonyl (C=O) groups excluding carboxylic acids is 1. The Balaban J connectivity index is 1.80. The van der Waals surface area contributed by atoms with E-state index in [1.807, 2.05) is 36.4 Å². The van der Waals surface area contributed by atoms with Gasteiger partial charge >= 0.3 is 6.18 Å². The lowest BCUT2D eigenvalue weighted by molar-refractivity contribution is -0.137. The number of fused-ring (bicyclic) bond motifs is 1. The first-order chi connectivity index (χ1) is 10.9. The zero-order valence-electron chi connectivity index (χ0n) is 11.9. The zero-order valence-corrected chi connectivity index (χ0v) is 11.9. The van der Waals surface area contributed by atoms with Gasteiger partial charge in [0, 0.05) is 11.3 Å². The maximum atomic E-state index is 12.5. The minimum absolute atomic E-state index is 0.172. The SMILES string of the molecule is O=C(Nc1ccc2ccccc2c1)c1ccc(C(F)(F)F)cc1. The van der Waals surface area contributed by atoms with E-state index in [-0.39, 0.29) is 5.56 Å². The smallest absolute Gasteiger partial charge is 0.322 e. The minimum atomic E-state index is -4.41. The number of halogens is 3. The van der Waals surface area contributed by atoms with Gasteiger partial charge in [0.25, 0.3) is 5.91 Å². The van der Waals surface area contributed by atoms with Crippen LogP contribution in [-0.2, 0) is 6.18 Å². The number of anilines is 1. The highest BCUT2D eigenvalue weighted by atomic mass is 19.4. The van der Waals surface area contributed by atoms with E-state index >= 15 is 0 Å². The van der Waals surface area contributed by atoms with Gasteiger partial charge in [-0.05, 0) is 47.2 Å². The summed E-state index contributed by atoms with van der Waals surface area (Å²) in [7, 11) is 0. The van der Waals surface area contributed by atoms with Gasteiger partial charge in [-0.1, -0.05) is 30.3 Å². The first-order valence-electron chi connectivity index (χ1n) is 6.91. The van der Waals surface area contributed by atoms with Crippen LogP contribution in [0.5, 0.6) is 0 Å². The van der Waals surface area contributed by atoms with Gasteiger partial charge < -0.3 is 5.32 Å². The van der Waals surface area contributed by atoms with Crippen LogP contribution in [0.3, 0.4) is 0 Å². The normalized spacial score (nSPS) is 11.4. The lowest BCUT2D eigenvalue weighted by Crippen LogP contribution is -2.12. The van der Waals surface area contributed by atoms with E-state index in [4.69, 9.17) is 0 Å². The summed E-state index contributed by atoms with van der Waals surface area (Å²) in [6, 6.07) is 17.3. The molecule has 0 saturated heterocycles. The van der Waals surface area contributed by atoms with Crippen LogP contribution in [0.4, 0.5) is 18.9 Å². The fourth-order valence-corrected chi connectivity index (χ4v) is 2.28. The maximum absolute atomic E-state index is 12.5. The van der Waals surface area contributed by atoms with Crippen molar-refractivity contribution in [3.05, 3.63) is 77.9 Å². The molecule has 3 aromatic carbocycles. The van der Waals surface area contributed by atoms with Crippen LogP contribution in [-0.4, -0.2) is 5.91 Å². The summed E-state index contributed by atoms with van der Waals surface area (Å²) in [5.74, 6) is -0.450. The molecule has 0 unspecified atom stereocenters.